The van der Waals surface area contributed by atoms with E-state index in [1.54, 1.807) is 23.0 Å². The number of carbonyl (C=O) groups is 1. The normalized spacial score (nSPS) is 10.8. The van der Waals surface area contributed by atoms with Crippen LogP contribution in [0.25, 0.3) is 11.4 Å². The lowest BCUT2D eigenvalue weighted by Gasteiger charge is -2.07. The lowest BCUT2D eigenvalue weighted by molar-refractivity contribution is -0.116. The number of carbonyl (C=O) groups excluding carboxylic acids is 1. The van der Waals surface area contributed by atoms with E-state index in [-0.39, 0.29) is 18.3 Å². The van der Waals surface area contributed by atoms with Crippen molar-refractivity contribution in [2.75, 3.05) is 5.32 Å². The molecule has 0 saturated heterocycles. The molecule has 1 N–H and O–H groups in total. The summed E-state index contributed by atoms with van der Waals surface area (Å²) >= 11 is 1.27. The molecule has 0 saturated carbocycles. The first-order valence-electron chi connectivity index (χ1n) is 8.60. The van der Waals surface area contributed by atoms with Crippen LogP contribution in [-0.4, -0.2) is 25.7 Å². The van der Waals surface area contributed by atoms with Gasteiger partial charge in [-0.15, -0.1) is 10.2 Å². The van der Waals surface area contributed by atoms with Crippen molar-refractivity contribution in [3.8, 4) is 11.4 Å². The van der Waals surface area contributed by atoms with E-state index in [9.17, 15) is 9.18 Å². The highest BCUT2D eigenvalue weighted by atomic mass is 32.1. The minimum absolute atomic E-state index is 0.114. The smallest absolute Gasteiger partial charge is 0.246 e. The van der Waals surface area contributed by atoms with Gasteiger partial charge >= 0.3 is 0 Å². The van der Waals surface area contributed by atoms with Crippen LogP contribution in [0.4, 0.5) is 9.52 Å². The van der Waals surface area contributed by atoms with Crippen LogP contribution >= 0.6 is 11.3 Å². The number of aromatic nitrogens is 4. The Morgan fingerprint density at radius 1 is 1.11 bits per heavy atom. The van der Waals surface area contributed by atoms with E-state index < -0.39 is 0 Å². The molecule has 0 aliphatic carbocycles. The van der Waals surface area contributed by atoms with Gasteiger partial charge in [-0.3, -0.25) is 10.1 Å². The number of amides is 1. The van der Waals surface area contributed by atoms with Gasteiger partial charge in [0, 0.05) is 24.4 Å². The van der Waals surface area contributed by atoms with E-state index in [1.165, 1.54) is 23.5 Å². The third kappa shape index (κ3) is 4.29. The maximum Gasteiger partial charge on any atom is 0.246 e. The fraction of sp³-hybridized carbons (Fsp3) is 0.100. The van der Waals surface area contributed by atoms with Crippen LogP contribution in [0.1, 0.15) is 10.6 Å². The van der Waals surface area contributed by atoms with Gasteiger partial charge in [-0.2, -0.15) is 0 Å². The molecule has 2 heterocycles. The van der Waals surface area contributed by atoms with Crippen LogP contribution in [0.5, 0.6) is 0 Å². The summed E-state index contributed by atoms with van der Waals surface area (Å²) in [5, 5.41) is 11.9. The number of imidazole rings is 1. The molecule has 0 aliphatic rings. The third-order valence-electron chi connectivity index (χ3n) is 4.02. The minimum Gasteiger partial charge on any atom is -0.322 e. The molecular formula is C20H16FN5OS. The van der Waals surface area contributed by atoms with Crippen molar-refractivity contribution in [2.24, 2.45) is 0 Å². The van der Waals surface area contributed by atoms with Crippen molar-refractivity contribution in [3.63, 3.8) is 0 Å². The summed E-state index contributed by atoms with van der Waals surface area (Å²) in [4.78, 5) is 16.7. The van der Waals surface area contributed by atoms with E-state index in [0.717, 1.165) is 17.0 Å². The fourth-order valence-electron chi connectivity index (χ4n) is 2.79. The fourth-order valence-corrected chi connectivity index (χ4v) is 3.59. The summed E-state index contributed by atoms with van der Waals surface area (Å²) < 4.78 is 15.1. The molecule has 2 aromatic carbocycles. The Labute approximate surface area is 164 Å². The second-order valence-corrected chi connectivity index (χ2v) is 7.16. The van der Waals surface area contributed by atoms with Crippen LogP contribution in [-0.2, 0) is 17.8 Å². The van der Waals surface area contributed by atoms with E-state index in [4.69, 9.17) is 0 Å². The number of rotatable bonds is 6. The maximum atomic E-state index is 13.3. The molecule has 4 rings (SSSR count). The highest BCUT2D eigenvalue weighted by molar-refractivity contribution is 7.15. The summed E-state index contributed by atoms with van der Waals surface area (Å²) in [6.07, 6.45) is 3.89. The van der Waals surface area contributed by atoms with E-state index in [2.05, 4.69) is 20.5 Å². The average Bonchev–Trinajstić information content (AvgIpc) is 3.32. The zero-order valence-corrected chi connectivity index (χ0v) is 15.6. The van der Waals surface area contributed by atoms with Crippen molar-refractivity contribution in [3.05, 3.63) is 83.4 Å². The molecule has 0 spiro atoms. The lowest BCUT2D eigenvalue weighted by atomic mass is 10.1. The van der Waals surface area contributed by atoms with Crippen molar-refractivity contribution in [1.29, 1.82) is 0 Å². The van der Waals surface area contributed by atoms with E-state index in [1.807, 2.05) is 36.4 Å². The molecule has 1 amide bonds. The molecule has 0 unspecified atom stereocenters. The number of halogens is 1. The summed E-state index contributed by atoms with van der Waals surface area (Å²) in [6, 6.07) is 16.0. The van der Waals surface area contributed by atoms with Crippen molar-refractivity contribution < 1.29 is 9.18 Å². The van der Waals surface area contributed by atoms with E-state index in [0.29, 0.717) is 16.6 Å². The number of benzene rings is 2. The third-order valence-corrected chi connectivity index (χ3v) is 4.86. The molecule has 0 radical (unpaired) electrons. The molecule has 28 heavy (non-hydrogen) atoms. The van der Waals surface area contributed by atoms with Crippen molar-refractivity contribution in [1.82, 2.24) is 19.7 Å². The number of hydrogen-bond donors (Lipinski definition) is 1. The minimum atomic E-state index is -0.287. The Hall–Kier alpha value is -3.39. The zero-order chi connectivity index (χ0) is 19.3. The first-order chi connectivity index (χ1) is 13.7. The van der Waals surface area contributed by atoms with E-state index >= 15 is 0 Å². The van der Waals surface area contributed by atoms with Crippen LogP contribution < -0.4 is 5.32 Å². The highest BCUT2D eigenvalue weighted by Gasteiger charge is 2.12. The van der Waals surface area contributed by atoms with Gasteiger partial charge in [0.05, 0.1) is 0 Å². The van der Waals surface area contributed by atoms with Gasteiger partial charge in [-0.1, -0.05) is 53.8 Å². The average molecular weight is 393 g/mol. The molecular weight excluding hydrogens is 377 g/mol. The molecule has 0 aliphatic heterocycles. The number of nitrogens with zero attached hydrogens (tertiary/aromatic N) is 4. The Morgan fingerprint density at radius 2 is 1.96 bits per heavy atom. The number of hydrogen-bond acceptors (Lipinski definition) is 5. The maximum absolute atomic E-state index is 13.3. The predicted octanol–water partition coefficient (Wildman–Crippen LogP) is 3.77. The molecule has 8 heteroatoms. The number of anilines is 1. The molecule has 0 atom stereocenters. The summed E-state index contributed by atoms with van der Waals surface area (Å²) in [6.45, 7) is 0.114. The molecule has 140 valence electrons. The highest BCUT2D eigenvalue weighted by Crippen LogP contribution is 2.20. The summed E-state index contributed by atoms with van der Waals surface area (Å²) in [5.41, 5.74) is 1.74. The second-order valence-electron chi connectivity index (χ2n) is 6.10. The van der Waals surface area contributed by atoms with Gasteiger partial charge in [-0.05, 0) is 17.7 Å². The molecule has 0 bridgehead atoms. The molecule has 4 aromatic rings. The molecule has 6 nitrogen and oxygen atoms in total. The largest absolute Gasteiger partial charge is 0.322 e. The van der Waals surface area contributed by atoms with Crippen molar-refractivity contribution >= 4 is 22.4 Å². The van der Waals surface area contributed by atoms with Crippen molar-refractivity contribution in [2.45, 2.75) is 13.0 Å². The monoisotopic (exact) mass is 393 g/mol. The second kappa shape index (κ2) is 8.10. The summed E-state index contributed by atoms with van der Waals surface area (Å²) in [5.74, 6) is 0.216. The van der Waals surface area contributed by atoms with Crippen LogP contribution in [0.15, 0.2) is 67.0 Å². The van der Waals surface area contributed by atoms with Crippen LogP contribution in [0, 0.1) is 5.82 Å². The van der Waals surface area contributed by atoms with Gasteiger partial charge in [0.2, 0.25) is 11.0 Å². The topological polar surface area (TPSA) is 72.7 Å². The molecule has 2 aromatic heterocycles. The Morgan fingerprint density at radius 3 is 2.79 bits per heavy atom. The zero-order valence-electron chi connectivity index (χ0n) is 14.7. The van der Waals surface area contributed by atoms with Gasteiger partial charge in [0.1, 0.15) is 23.2 Å². The predicted molar refractivity (Wildman–Crippen MR) is 105 cm³/mol. The first kappa shape index (κ1) is 18.0. The number of nitrogens with one attached hydrogen (secondary N) is 1. The Bertz CT molecular complexity index is 1090. The molecule has 0 fully saturated rings. The van der Waals surface area contributed by atoms with Gasteiger partial charge in [0.25, 0.3) is 0 Å². The van der Waals surface area contributed by atoms with Gasteiger partial charge in [0.15, 0.2) is 0 Å². The quantitative estimate of drug-likeness (QED) is 0.541. The first-order valence-corrected chi connectivity index (χ1v) is 9.42. The Kier molecular flexibility index (Phi) is 5.20. The van der Waals surface area contributed by atoms with Crippen LogP contribution in [0.3, 0.4) is 0 Å². The van der Waals surface area contributed by atoms with Gasteiger partial charge < -0.3 is 4.57 Å². The van der Waals surface area contributed by atoms with Gasteiger partial charge in [-0.25, -0.2) is 9.37 Å². The SMILES string of the molecule is O=C(Cn1ccnc1-c1ccccc1)Nc1nnc(Cc2cccc(F)c2)s1. The summed E-state index contributed by atoms with van der Waals surface area (Å²) in [7, 11) is 0. The van der Waals surface area contributed by atoms with Crippen LogP contribution in [0.2, 0.25) is 0 Å². The standard InChI is InChI=1S/C20H16FN5OS/c21-16-8-4-5-14(11-16)12-18-24-25-20(28-18)23-17(27)13-26-10-9-22-19(26)15-6-2-1-3-7-15/h1-11H,12-13H2,(H,23,25,27). The Balaban J connectivity index is 1.40. The lowest BCUT2D eigenvalue weighted by Crippen LogP contribution is -2.18.